The van der Waals surface area contributed by atoms with Crippen molar-refractivity contribution in [3.05, 3.63) is 65.0 Å². The monoisotopic (exact) mass is 290 g/mol. The number of benzene rings is 1. The van der Waals surface area contributed by atoms with Crippen LogP contribution in [0, 0.1) is 11.3 Å². The number of hydrogen-bond donors (Lipinski definition) is 1. The fraction of sp³-hybridized carbons (Fsp3) is 0.0667. The van der Waals surface area contributed by atoms with E-state index in [4.69, 9.17) is 5.26 Å². The van der Waals surface area contributed by atoms with E-state index in [0.29, 0.717) is 11.1 Å². The Kier molecular flexibility index (Phi) is 3.94. The Balaban J connectivity index is 2.15. The van der Waals surface area contributed by atoms with Gasteiger partial charge in [0.2, 0.25) is 0 Å². The molecule has 0 spiro atoms. The molecular weight excluding hydrogens is 281 g/mol. The standard InChI is InChI=1S/C15H9F3N2O/c16-15(17,18)14-7-11(9-20-14)4-5-13(21)12-3-1-2-10(6-12)8-19/h1-7,9,20H/b5-4+. The summed E-state index contributed by atoms with van der Waals surface area (Å²) in [6, 6.07) is 8.90. The molecule has 2 aromatic rings. The van der Waals surface area contributed by atoms with Crippen LogP contribution in [-0.2, 0) is 6.18 Å². The Bertz CT molecular complexity index is 736. The lowest BCUT2D eigenvalue weighted by Gasteiger charge is -2.00. The van der Waals surface area contributed by atoms with Crippen LogP contribution in [0.5, 0.6) is 0 Å². The minimum absolute atomic E-state index is 0.243. The lowest BCUT2D eigenvalue weighted by atomic mass is 10.1. The van der Waals surface area contributed by atoms with Gasteiger partial charge in [0.15, 0.2) is 5.78 Å². The molecule has 1 aromatic carbocycles. The van der Waals surface area contributed by atoms with Crippen molar-refractivity contribution in [3.63, 3.8) is 0 Å². The quantitative estimate of drug-likeness (QED) is 0.690. The van der Waals surface area contributed by atoms with Crippen LogP contribution in [0.1, 0.15) is 27.2 Å². The summed E-state index contributed by atoms with van der Waals surface area (Å²) in [5.74, 6) is -0.387. The van der Waals surface area contributed by atoms with Crippen LogP contribution in [-0.4, -0.2) is 10.8 Å². The lowest BCUT2D eigenvalue weighted by Crippen LogP contribution is -2.04. The molecule has 106 valence electrons. The molecule has 0 amide bonds. The predicted octanol–water partition coefficient (Wildman–Crippen LogP) is 3.80. The molecule has 0 saturated heterocycles. The number of aromatic amines is 1. The van der Waals surface area contributed by atoms with Crippen molar-refractivity contribution in [2.45, 2.75) is 6.18 Å². The third-order valence-corrected chi connectivity index (χ3v) is 2.71. The fourth-order valence-corrected chi connectivity index (χ4v) is 1.68. The molecule has 2 rings (SSSR count). The van der Waals surface area contributed by atoms with E-state index < -0.39 is 11.9 Å². The van der Waals surface area contributed by atoms with Gasteiger partial charge in [-0.15, -0.1) is 0 Å². The van der Waals surface area contributed by atoms with E-state index in [1.807, 2.05) is 6.07 Å². The van der Waals surface area contributed by atoms with Crippen LogP contribution in [0.2, 0.25) is 0 Å². The second-order valence-electron chi connectivity index (χ2n) is 4.23. The number of carbonyl (C=O) groups is 1. The first-order chi connectivity index (χ1) is 9.90. The van der Waals surface area contributed by atoms with Gasteiger partial charge in [0, 0.05) is 11.8 Å². The molecule has 0 atom stereocenters. The highest BCUT2D eigenvalue weighted by Crippen LogP contribution is 2.28. The lowest BCUT2D eigenvalue weighted by molar-refractivity contribution is -0.140. The minimum atomic E-state index is -4.45. The van der Waals surface area contributed by atoms with Gasteiger partial charge < -0.3 is 4.98 Å². The number of nitrogens with one attached hydrogen (secondary N) is 1. The highest BCUT2D eigenvalue weighted by Gasteiger charge is 2.31. The van der Waals surface area contributed by atoms with Crippen molar-refractivity contribution in [3.8, 4) is 6.07 Å². The Morgan fingerprint density at radius 3 is 2.67 bits per heavy atom. The van der Waals surface area contributed by atoms with Crippen LogP contribution >= 0.6 is 0 Å². The van der Waals surface area contributed by atoms with Crippen molar-refractivity contribution < 1.29 is 18.0 Å². The number of aromatic nitrogens is 1. The first kappa shape index (κ1) is 14.6. The van der Waals surface area contributed by atoms with Gasteiger partial charge in [0.25, 0.3) is 0 Å². The van der Waals surface area contributed by atoms with Crippen molar-refractivity contribution in [2.24, 2.45) is 0 Å². The van der Waals surface area contributed by atoms with Crippen LogP contribution in [0.3, 0.4) is 0 Å². The predicted molar refractivity (Wildman–Crippen MR) is 70.3 cm³/mol. The zero-order chi connectivity index (χ0) is 15.5. The molecule has 0 aliphatic carbocycles. The van der Waals surface area contributed by atoms with Crippen LogP contribution in [0.4, 0.5) is 13.2 Å². The molecule has 0 fully saturated rings. The number of carbonyl (C=O) groups excluding carboxylic acids is 1. The molecule has 21 heavy (non-hydrogen) atoms. The van der Waals surface area contributed by atoms with Gasteiger partial charge in [-0.2, -0.15) is 18.4 Å². The maximum Gasteiger partial charge on any atom is 0.431 e. The molecule has 1 N–H and O–H groups in total. The molecule has 0 saturated carbocycles. The number of nitriles is 1. The van der Waals surface area contributed by atoms with E-state index in [1.165, 1.54) is 24.3 Å². The number of hydrogen-bond acceptors (Lipinski definition) is 2. The van der Waals surface area contributed by atoms with Crippen molar-refractivity contribution in [1.82, 2.24) is 4.98 Å². The second kappa shape index (κ2) is 5.67. The third kappa shape index (κ3) is 3.60. The maximum atomic E-state index is 12.4. The van der Waals surface area contributed by atoms with E-state index in [1.54, 1.807) is 12.1 Å². The zero-order valence-electron chi connectivity index (χ0n) is 10.6. The summed E-state index contributed by atoms with van der Waals surface area (Å²) in [5, 5.41) is 8.74. The summed E-state index contributed by atoms with van der Waals surface area (Å²) in [6.45, 7) is 0. The van der Waals surface area contributed by atoms with Gasteiger partial charge in [-0.3, -0.25) is 4.79 Å². The van der Waals surface area contributed by atoms with E-state index in [2.05, 4.69) is 4.98 Å². The number of nitrogens with zero attached hydrogens (tertiary/aromatic N) is 1. The summed E-state index contributed by atoms with van der Waals surface area (Å²) in [4.78, 5) is 14.0. The summed E-state index contributed by atoms with van der Waals surface area (Å²) >= 11 is 0. The van der Waals surface area contributed by atoms with Gasteiger partial charge in [-0.05, 0) is 35.9 Å². The fourth-order valence-electron chi connectivity index (χ4n) is 1.68. The Hall–Kier alpha value is -2.81. The largest absolute Gasteiger partial charge is 0.431 e. The topological polar surface area (TPSA) is 56.6 Å². The summed E-state index contributed by atoms with van der Waals surface area (Å²) in [6.07, 6.45) is -0.831. The number of rotatable bonds is 3. The number of halogens is 3. The van der Waals surface area contributed by atoms with Crippen LogP contribution in [0.25, 0.3) is 6.08 Å². The van der Waals surface area contributed by atoms with E-state index in [9.17, 15) is 18.0 Å². The number of alkyl halides is 3. The number of ketones is 1. The van der Waals surface area contributed by atoms with Crippen LogP contribution < -0.4 is 0 Å². The van der Waals surface area contributed by atoms with Crippen molar-refractivity contribution in [1.29, 1.82) is 5.26 Å². The van der Waals surface area contributed by atoms with E-state index in [-0.39, 0.29) is 11.3 Å². The molecular formula is C15H9F3N2O. The average molecular weight is 290 g/mol. The average Bonchev–Trinajstić information content (AvgIpc) is 2.94. The first-order valence-corrected chi connectivity index (χ1v) is 5.88. The highest BCUT2D eigenvalue weighted by molar-refractivity contribution is 6.06. The Labute approximate surface area is 118 Å². The second-order valence-corrected chi connectivity index (χ2v) is 4.23. The Morgan fingerprint density at radius 2 is 2.05 bits per heavy atom. The minimum Gasteiger partial charge on any atom is -0.357 e. The van der Waals surface area contributed by atoms with Crippen molar-refractivity contribution in [2.75, 3.05) is 0 Å². The highest BCUT2D eigenvalue weighted by atomic mass is 19.4. The van der Waals surface area contributed by atoms with Crippen LogP contribution in [0.15, 0.2) is 42.6 Å². The van der Waals surface area contributed by atoms with Gasteiger partial charge in [-0.25, -0.2) is 0 Å². The molecule has 0 unspecified atom stereocenters. The van der Waals surface area contributed by atoms with E-state index in [0.717, 1.165) is 12.3 Å². The Morgan fingerprint density at radius 1 is 1.29 bits per heavy atom. The zero-order valence-corrected chi connectivity index (χ0v) is 10.6. The molecule has 0 bridgehead atoms. The number of H-pyrrole nitrogens is 1. The summed E-state index contributed by atoms with van der Waals surface area (Å²) < 4.78 is 37.2. The third-order valence-electron chi connectivity index (χ3n) is 2.71. The van der Waals surface area contributed by atoms with Gasteiger partial charge >= 0.3 is 6.18 Å². The molecule has 3 nitrogen and oxygen atoms in total. The maximum absolute atomic E-state index is 12.4. The molecule has 0 aliphatic rings. The molecule has 1 aromatic heterocycles. The number of allylic oxidation sites excluding steroid dienone is 1. The molecule has 1 heterocycles. The molecule has 0 aliphatic heterocycles. The summed E-state index contributed by atoms with van der Waals surface area (Å²) in [7, 11) is 0. The van der Waals surface area contributed by atoms with Gasteiger partial charge in [0.1, 0.15) is 5.69 Å². The van der Waals surface area contributed by atoms with E-state index >= 15 is 0 Å². The van der Waals surface area contributed by atoms with Gasteiger partial charge in [-0.1, -0.05) is 12.1 Å². The SMILES string of the molecule is N#Cc1cccc(C(=O)/C=C/c2c[nH]c(C(F)(F)F)c2)c1. The smallest absolute Gasteiger partial charge is 0.357 e. The summed E-state index contributed by atoms with van der Waals surface area (Å²) in [5.41, 5.74) is 0.0142. The first-order valence-electron chi connectivity index (χ1n) is 5.88. The molecule has 6 heteroatoms. The normalized spacial score (nSPS) is 11.5. The van der Waals surface area contributed by atoms with Gasteiger partial charge in [0.05, 0.1) is 11.6 Å². The molecule has 0 radical (unpaired) electrons. The van der Waals surface area contributed by atoms with Crippen molar-refractivity contribution >= 4 is 11.9 Å².